The minimum Gasteiger partial charge on any atom is -0.340 e. The Kier molecular flexibility index (Phi) is 6.29. The van der Waals surface area contributed by atoms with Crippen LogP contribution in [0.1, 0.15) is 42.7 Å². The number of hydrogen-bond donors (Lipinski definition) is 0. The zero-order valence-corrected chi connectivity index (χ0v) is 19.3. The zero-order valence-electron chi connectivity index (χ0n) is 17.7. The first-order valence-electron chi connectivity index (χ1n) is 10.5. The van der Waals surface area contributed by atoms with Gasteiger partial charge in [0.1, 0.15) is 4.83 Å². The van der Waals surface area contributed by atoms with E-state index in [1.807, 2.05) is 51.2 Å². The fourth-order valence-electron chi connectivity index (χ4n) is 4.04. The molecule has 4 rings (SSSR count). The second-order valence-corrected chi connectivity index (χ2v) is 10.2. The summed E-state index contributed by atoms with van der Waals surface area (Å²) < 4.78 is 1.73. The van der Waals surface area contributed by atoms with E-state index in [4.69, 9.17) is 4.98 Å². The van der Waals surface area contributed by atoms with Gasteiger partial charge in [0.05, 0.1) is 10.6 Å². The molecule has 1 aliphatic rings. The van der Waals surface area contributed by atoms with Gasteiger partial charge in [-0.15, -0.1) is 11.3 Å². The van der Waals surface area contributed by atoms with Gasteiger partial charge in [-0.1, -0.05) is 42.1 Å². The molecule has 0 fully saturated rings. The summed E-state index contributed by atoms with van der Waals surface area (Å²) in [5.41, 5.74) is 2.35. The van der Waals surface area contributed by atoms with E-state index >= 15 is 0 Å². The van der Waals surface area contributed by atoms with Crippen LogP contribution in [-0.4, -0.2) is 32.7 Å². The standard InChI is InChI=1S/C23H27N3O2S2/c1-4-26-22(28)19-17-12-8-9-13-18(17)30-20(19)24-23(26)29-15(2)21(27)25(3)14-16-10-6-5-7-11-16/h5-7,10-11,15H,4,8-9,12-14H2,1-3H3. The molecule has 1 amide bonds. The van der Waals surface area contributed by atoms with E-state index in [0.29, 0.717) is 18.2 Å². The molecular formula is C23H27N3O2S2. The van der Waals surface area contributed by atoms with Gasteiger partial charge in [0.2, 0.25) is 5.91 Å². The molecule has 5 nitrogen and oxygen atoms in total. The molecule has 0 saturated carbocycles. The van der Waals surface area contributed by atoms with Crippen LogP contribution in [0.15, 0.2) is 40.3 Å². The van der Waals surface area contributed by atoms with E-state index in [0.717, 1.165) is 35.0 Å². The molecule has 0 saturated heterocycles. The summed E-state index contributed by atoms with van der Waals surface area (Å²) in [4.78, 5) is 35.0. The normalized spacial score (nSPS) is 14.5. The fraction of sp³-hybridized carbons (Fsp3) is 0.435. The molecule has 2 heterocycles. The fourth-order valence-corrected chi connectivity index (χ4v) is 6.43. The van der Waals surface area contributed by atoms with Gasteiger partial charge in [0.25, 0.3) is 5.56 Å². The van der Waals surface area contributed by atoms with E-state index in [-0.39, 0.29) is 16.7 Å². The smallest absolute Gasteiger partial charge is 0.263 e. The highest BCUT2D eigenvalue weighted by molar-refractivity contribution is 8.00. The van der Waals surface area contributed by atoms with Crippen molar-refractivity contribution in [2.45, 2.75) is 63.0 Å². The molecule has 3 aromatic rings. The van der Waals surface area contributed by atoms with Crippen molar-refractivity contribution in [3.8, 4) is 0 Å². The maximum atomic E-state index is 13.3. The van der Waals surface area contributed by atoms with Crippen molar-refractivity contribution in [1.29, 1.82) is 0 Å². The summed E-state index contributed by atoms with van der Waals surface area (Å²) in [7, 11) is 1.82. The second kappa shape index (κ2) is 8.94. The molecular weight excluding hydrogens is 414 g/mol. The SMILES string of the molecule is CCn1c(SC(C)C(=O)N(C)Cc2ccccc2)nc2sc3c(c2c1=O)CCCC3. The number of thioether (sulfide) groups is 1. The van der Waals surface area contributed by atoms with Crippen LogP contribution in [0, 0.1) is 0 Å². The van der Waals surface area contributed by atoms with E-state index in [2.05, 4.69) is 0 Å². The number of benzene rings is 1. The summed E-state index contributed by atoms with van der Waals surface area (Å²) in [6.07, 6.45) is 4.34. The number of amides is 1. The van der Waals surface area contributed by atoms with Crippen LogP contribution in [0.25, 0.3) is 10.2 Å². The van der Waals surface area contributed by atoms with Crippen molar-refractivity contribution in [2.75, 3.05) is 7.05 Å². The average Bonchev–Trinajstić information content (AvgIpc) is 3.12. The first-order chi connectivity index (χ1) is 14.5. The molecule has 30 heavy (non-hydrogen) atoms. The Morgan fingerprint density at radius 1 is 1.27 bits per heavy atom. The number of aromatic nitrogens is 2. The predicted molar refractivity (Wildman–Crippen MR) is 124 cm³/mol. The van der Waals surface area contributed by atoms with Gasteiger partial charge in [-0.2, -0.15) is 0 Å². The lowest BCUT2D eigenvalue weighted by Gasteiger charge is -2.22. The Morgan fingerprint density at radius 3 is 2.73 bits per heavy atom. The van der Waals surface area contributed by atoms with Gasteiger partial charge in [-0.05, 0) is 50.7 Å². The van der Waals surface area contributed by atoms with Gasteiger partial charge in [0.15, 0.2) is 5.16 Å². The third-order valence-electron chi connectivity index (χ3n) is 5.62. The van der Waals surface area contributed by atoms with E-state index < -0.39 is 0 Å². The van der Waals surface area contributed by atoms with Crippen LogP contribution in [-0.2, 0) is 30.7 Å². The van der Waals surface area contributed by atoms with Crippen LogP contribution >= 0.6 is 23.1 Å². The third kappa shape index (κ3) is 4.05. The number of carbonyl (C=O) groups excluding carboxylic acids is 1. The summed E-state index contributed by atoms with van der Waals surface area (Å²) >= 11 is 3.04. The molecule has 0 N–H and O–H groups in total. The van der Waals surface area contributed by atoms with Gasteiger partial charge in [0, 0.05) is 25.0 Å². The molecule has 1 atom stereocenters. The molecule has 158 valence electrons. The lowest BCUT2D eigenvalue weighted by atomic mass is 9.97. The molecule has 1 unspecified atom stereocenters. The topological polar surface area (TPSA) is 55.2 Å². The van der Waals surface area contributed by atoms with Gasteiger partial charge in [-0.3, -0.25) is 14.2 Å². The van der Waals surface area contributed by atoms with Crippen molar-refractivity contribution >= 4 is 39.2 Å². The van der Waals surface area contributed by atoms with Crippen LogP contribution in [0.2, 0.25) is 0 Å². The monoisotopic (exact) mass is 441 g/mol. The van der Waals surface area contributed by atoms with Crippen LogP contribution < -0.4 is 5.56 Å². The van der Waals surface area contributed by atoms with E-state index in [1.54, 1.807) is 20.8 Å². The summed E-state index contributed by atoms with van der Waals surface area (Å²) in [6, 6.07) is 9.96. The number of hydrogen-bond acceptors (Lipinski definition) is 5. The summed E-state index contributed by atoms with van der Waals surface area (Å²) in [5.74, 6) is 0.0336. The Labute approximate surface area is 185 Å². The number of nitrogens with zero attached hydrogens (tertiary/aromatic N) is 3. The van der Waals surface area contributed by atoms with Crippen molar-refractivity contribution < 1.29 is 4.79 Å². The molecule has 1 aliphatic carbocycles. The number of carbonyl (C=O) groups is 1. The molecule has 7 heteroatoms. The molecule has 0 spiro atoms. The quantitative estimate of drug-likeness (QED) is 0.418. The summed E-state index contributed by atoms with van der Waals surface area (Å²) in [6.45, 7) is 4.97. The van der Waals surface area contributed by atoms with Crippen LogP contribution in [0.3, 0.4) is 0 Å². The number of aryl methyl sites for hydroxylation is 2. The van der Waals surface area contributed by atoms with Crippen molar-refractivity contribution in [3.63, 3.8) is 0 Å². The molecule has 0 bridgehead atoms. The van der Waals surface area contributed by atoms with Crippen LogP contribution in [0.4, 0.5) is 0 Å². The minimum absolute atomic E-state index is 0.0336. The lowest BCUT2D eigenvalue weighted by molar-refractivity contribution is -0.129. The van der Waals surface area contributed by atoms with Gasteiger partial charge < -0.3 is 4.90 Å². The highest BCUT2D eigenvalue weighted by atomic mass is 32.2. The van der Waals surface area contributed by atoms with E-state index in [1.165, 1.54) is 28.6 Å². The van der Waals surface area contributed by atoms with Crippen molar-refractivity contribution in [1.82, 2.24) is 14.5 Å². The number of thiophene rings is 1. The van der Waals surface area contributed by atoms with Gasteiger partial charge >= 0.3 is 0 Å². The lowest BCUT2D eigenvalue weighted by Crippen LogP contribution is -2.33. The molecule has 1 aromatic carbocycles. The Bertz CT molecular complexity index is 1120. The first kappa shape index (κ1) is 21.1. The Hall–Kier alpha value is -2.12. The van der Waals surface area contributed by atoms with Crippen LogP contribution in [0.5, 0.6) is 0 Å². The third-order valence-corrected chi connectivity index (χ3v) is 7.89. The van der Waals surface area contributed by atoms with Crippen molar-refractivity contribution in [2.24, 2.45) is 0 Å². The molecule has 0 aliphatic heterocycles. The predicted octanol–water partition coefficient (Wildman–Crippen LogP) is 4.50. The maximum absolute atomic E-state index is 13.3. The highest BCUT2D eigenvalue weighted by Crippen LogP contribution is 2.35. The highest BCUT2D eigenvalue weighted by Gasteiger charge is 2.25. The second-order valence-electron chi connectivity index (χ2n) is 7.77. The maximum Gasteiger partial charge on any atom is 0.263 e. The average molecular weight is 442 g/mol. The minimum atomic E-state index is -0.324. The van der Waals surface area contributed by atoms with E-state index in [9.17, 15) is 9.59 Å². The van der Waals surface area contributed by atoms with Crippen molar-refractivity contribution in [3.05, 3.63) is 56.7 Å². The molecule has 0 radical (unpaired) electrons. The van der Waals surface area contributed by atoms with Gasteiger partial charge in [-0.25, -0.2) is 4.98 Å². The molecule has 2 aromatic heterocycles. The Morgan fingerprint density at radius 2 is 2.00 bits per heavy atom. The Balaban J connectivity index is 1.59. The number of fused-ring (bicyclic) bond motifs is 3. The summed E-state index contributed by atoms with van der Waals surface area (Å²) in [5, 5.41) is 1.12. The number of rotatable bonds is 6. The largest absolute Gasteiger partial charge is 0.340 e. The first-order valence-corrected chi connectivity index (χ1v) is 12.2. The zero-order chi connectivity index (χ0) is 21.3.